The van der Waals surface area contributed by atoms with Crippen molar-refractivity contribution in [2.75, 3.05) is 5.88 Å². The largest absolute Gasteiger partial charge is 0.127 e. The first-order valence-corrected chi connectivity index (χ1v) is 3.01. The van der Waals surface area contributed by atoms with Crippen molar-refractivity contribution in [3.63, 3.8) is 0 Å². The van der Waals surface area contributed by atoms with Gasteiger partial charge in [0.2, 0.25) is 0 Å². The maximum atomic E-state index is 5.39. The van der Waals surface area contributed by atoms with Crippen LogP contribution >= 0.6 is 11.6 Å². The molecule has 1 heteroatoms. The van der Waals surface area contributed by atoms with Crippen LogP contribution in [0.3, 0.4) is 0 Å². The first-order chi connectivity index (χ1) is 3.41. The van der Waals surface area contributed by atoms with Crippen molar-refractivity contribution in [1.82, 2.24) is 0 Å². The molecule has 0 aliphatic rings. The van der Waals surface area contributed by atoms with Gasteiger partial charge < -0.3 is 0 Å². The molecule has 0 nitrogen and oxygen atoms in total. The second kappa shape index (κ2) is 6.03. The van der Waals surface area contributed by atoms with Crippen molar-refractivity contribution < 1.29 is 0 Å². The van der Waals surface area contributed by atoms with Crippen LogP contribution in [-0.2, 0) is 0 Å². The minimum atomic E-state index is 0.766. The van der Waals surface area contributed by atoms with Crippen LogP contribution in [0, 0.1) is 6.08 Å². The highest BCUT2D eigenvalue weighted by Crippen LogP contribution is 1.95. The second-order valence-corrected chi connectivity index (χ2v) is 1.77. The Kier molecular flexibility index (Phi) is 6.06. The summed E-state index contributed by atoms with van der Waals surface area (Å²) in [4.78, 5) is 0. The molecule has 0 spiro atoms. The molecule has 7 heavy (non-hydrogen) atoms. The molecular weight excluding hydrogens is 108 g/mol. The Labute approximate surface area is 50.2 Å². The number of unbranched alkanes of at least 4 members (excludes halogenated alkanes) is 2. The van der Waals surface area contributed by atoms with Gasteiger partial charge in [0.25, 0.3) is 0 Å². The van der Waals surface area contributed by atoms with Crippen molar-refractivity contribution >= 4 is 11.6 Å². The number of alkyl halides is 1. The fourth-order valence-corrected chi connectivity index (χ4v) is 0.533. The van der Waals surface area contributed by atoms with Gasteiger partial charge in [-0.25, -0.2) is 0 Å². The first-order valence-electron chi connectivity index (χ1n) is 2.47. The zero-order valence-electron chi connectivity index (χ0n) is 4.41. The van der Waals surface area contributed by atoms with E-state index >= 15 is 0 Å². The van der Waals surface area contributed by atoms with Crippen LogP contribution in [0.4, 0.5) is 0 Å². The Morgan fingerprint density at radius 1 is 1.43 bits per heavy atom. The minimum Gasteiger partial charge on any atom is -0.127 e. The van der Waals surface area contributed by atoms with E-state index in [-0.39, 0.29) is 0 Å². The maximum Gasteiger partial charge on any atom is 0.0223 e. The van der Waals surface area contributed by atoms with E-state index < -0.39 is 0 Å². The molecule has 1 radical (unpaired) electrons. The van der Waals surface area contributed by atoms with Crippen molar-refractivity contribution in [3.8, 4) is 0 Å². The Morgan fingerprint density at radius 3 is 2.57 bits per heavy atom. The number of rotatable bonds is 4. The fraction of sp³-hybridized carbons (Fsp3) is 0.667. The van der Waals surface area contributed by atoms with Crippen LogP contribution < -0.4 is 0 Å². The van der Waals surface area contributed by atoms with Crippen LogP contribution in [0.15, 0.2) is 6.58 Å². The predicted molar refractivity (Wildman–Crippen MR) is 33.4 cm³/mol. The topological polar surface area (TPSA) is 0 Å². The van der Waals surface area contributed by atoms with E-state index in [0.29, 0.717) is 0 Å². The molecule has 0 aliphatic carbocycles. The van der Waals surface area contributed by atoms with Gasteiger partial charge in [-0.15, -0.1) is 11.6 Å². The Bertz CT molecular complexity index is 41.4. The van der Waals surface area contributed by atoms with Gasteiger partial charge in [0.05, 0.1) is 0 Å². The maximum absolute atomic E-state index is 5.39. The number of halogens is 1. The summed E-state index contributed by atoms with van der Waals surface area (Å²) in [6.45, 7) is 3.46. The third kappa shape index (κ3) is 6.03. The molecule has 0 saturated carbocycles. The number of hydrogen-bond donors (Lipinski definition) is 0. The number of allylic oxidation sites excluding steroid dienone is 1. The third-order valence-electron chi connectivity index (χ3n) is 0.737. The highest BCUT2D eigenvalue weighted by Gasteiger charge is 1.79. The monoisotopic (exact) mass is 117 g/mol. The molecule has 41 valence electrons. The van der Waals surface area contributed by atoms with Crippen LogP contribution in [0.25, 0.3) is 0 Å². The minimum absolute atomic E-state index is 0.766. The molecule has 0 atom stereocenters. The third-order valence-corrected chi connectivity index (χ3v) is 1.00. The van der Waals surface area contributed by atoms with Gasteiger partial charge in [0, 0.05) is 5.88 Å². The van der Waals surface area contributed by atoms with Crippen molar-refractivity contribution in [1.29, 1.82) is 0 Å². The van der Waals surface area contributed by atoms with Crippen molar-refractivity contribution in [2.24, 2.45) is 0 Å². The van der Waals surface area contributed by atoms with Gasteiger partial charge in [0.1, 0.15) is 0 Å². The molecule has 0 aromatic heterocycles. The van der Waals surface area contributed by atoms with E-state index in [2.05, 4.69) is 12.7 Å². The molecule has 0 fully saturated rings. The summed E-state index contributed by atoms with van der Waals surface area (Å²) in [5.41, 5.74) is 0. The van der Waals surface area contributed by atoms with E-state index in [1.807, 2.05) is 0 Å². The molecule has 0 N–H and O–H groups in total. The molecule has 0 aliphatic heterocycles. The normalized spacial score (nSPS) is 8.71. The standard InChI is InChI=1S/C6H10Cl/c1-2-3-4-5-6-7/h1,3-6H2. The molecule has 0 saturated heterocycles. The summed E-state index contributed by atoms with van der Waals surface area (Å²) in [6.07, 6.45) is 5.99. The zero-order valence-corrected chi connectivity index (χ0v) is 5.17. The predicted octanol–water partition coefficient (Wildman–Crippen LogP) is 2.38. The van der Waals surface area contributed by atoms with Crippen molar-refractivity contribution in [3.05, 3.63) is 12.7 Å². The summed E-state index contributed by atoms with van der Waals surface area (Å²) in [7, 11) is 0. The van der Waals surface area contributed by atoms with Gasteiger partial charge in [-0.3, -0.25) is 0 Å². The molecule has 0 amide bonds. The Morgan fingerprint density at radius 2 is 2.14 bits per heavy atom. The average Bonchev–Trinajstić information content (AvgIpc) is 1.69. The smallest absolute Gasteiger partial charge is 0.0223 e. The lowest BCUT2D eigenvalue weighted by molar-refractivity contribution is 0.810. The summed E-state index contributed by atoms with van der Waals surface area (Å²) >= 11 is 5.39. The van der Waals surface area contributed by atoms with Gasteiger partial charge in [0.15, 0.2) is 0 Å². The highest BCUT2D eigenvalue weighted by atomic mass is 35.5. The van der Waals surface area contributed by atoms with Crippen LogP contribution in [0.2, 0.25) is 0 Å². The van der Waals surface area contributed by atoms with E-state index in [1.165, 1.54) is 0 Å². The first kappa shape index (κ1) is 7.03. The fourth-order valence-electron chi connectivity index (χ4n) is 0.344. The summed E-state index contributed by atoms with van der Waals surface area (Å²) < 4.78 is 0. The Balaban J connectivity index is 2.56. The van der Waals surface area contributed by atoms with Gasteiger partial charge >= 0.3 is 0 Å². The SMILES string of the molecule is C=[C]CCCCCl. The van der Waals surface area contributed by atoms with E-state index in [0.717, 1.165) is 25.1 Å². The molecule has 0 aromatic carbocycles. The molecule has 0 bridgehead atoms. The van der Waals surface area contributed by atoms with E-state index in [9.17, 15) is 0 Å². The van der Waals surface area contributed by atoms with Crippen LogP contribution in [-0.4, -0.2) is 5.88 Å². The Hall–Kier alpha value is 0.0300. The van der Waals surface area contributed by atoms with Crippen molar-refractivity contribution in [2.45, 2.75) is 19.3 Å². The van der Waals surface area contributed by atoms with E-state index in [1.54, 1.807) is 0 Å². The zero-order chi connectivity index (χ0) is 5.54. The molecule has 0 heterocycles. The molecular formula is C6H10Cl. The van der Waals surface area contributed by atoms with Crippen LogP contribution in [0.5, 0.6) is 0 Å². The van der Waals surface area contributed by atoms with Crippen LogP contribution in [0.1, 0.15) is 19.3 Å². The van der Waals surface area contributed by atoms with Gasteiger partial charge in [-0.1, -0.05) is 12.7 Å². The van der Waals surface area contributed by atoms with E-state index in [4.69, 9.17) is 11.6 Å². The second-order valence-electron chi connectivity index (χ2n) is 1.40. The number of hydrogen-bond acceptors (Lipinski definition) is 0. The summed E-state index contributed by atoms with van der Waals surface area (Å²) in [5, 5.41) is 0. The lowest BCUT2D eigenvalue weighted by Crippen LogP contribution is -1.72. The highest BCUT2D eigenvalue weighted by molar-refractivity contribution is 6.17. The average molecular weight is 118 g/mol. The molecule has 0 aromatic rings. The molecule has 0 unspecified atom stereocenters. The van der Waals surface area contributed by atoms with Gasteiger partial charge in [-0.05, 0) is 19.3 Å². The molecule has 0 rings (SSSR count). The lowest BCUT2D eigenvalue weighted by Gasteiger charge is -1.86. The lowest BCUT2D eigenvalue weighted by atomic mass is 10.2. The summed E-state index contributed by atoms with van der Waals surface area (Å²) in [5.74, 6) is 0.766. The quantitative estimate of drug-likeness (QED) is 0.392. The van der Waals surface area contributed by atoms with Gasteiger partial charge in [-0.2, -0.15) is 0 Å². The summed E-state index contributed by atoms with van der Waals surface area (Å²) in [6, 6.07) is 0.